The van der Waals surface area contributed by atoms with Gasteiger partial charge in [-0.15, -0.1) is 20.4 Å². The van der Waals surface area contributed by atoms with Gasteiger partial charge in [-0.3, -0.25) is 10.1 Å². The molecule has 1 aromatic heterocycles. The molecule has 0 aliphatic rings. The largest absolute Gasteiger partial charge is 0.514 e. The number of hydrogen-bond acceptors (Lipinski definition) is 10. The molecule has 0 saturated heterocycles. The van der Waals surface area contributed by atoms with Crippen LogP contribution in [-0.4, -0.2) is 42.7 Å². The first-order chi connectivity index (χ1) is 15.3. The summed E-state index contributed by atoms with van der Waals surface area (Å²) in [6.45, 7) is 1.66. The second-order valence-electron chi connectivity index (χ2n) is 6.30. The summed E-state index contributed by atoms with van der Waals surface area (Å²) in [5, 5.41) is 37.3. The molecule has 0 aliphatic heterocycles. The fraction of sp³-hybridized carbons (Fsp3) is 0.158. The molecule has 1 heterocycles. The van der Waals surface area contributed by atoms with E-state index in [0.29, 0.717) is 5.56 Å². The first-order valence-electron chi connectivity index (χ1n) is 9.08. The van der Waals surface area contributed by atoms with Crippen LogP contribution in [0.3, 0.4) is 0 Å². The van der Waals surface area contributed by atoms with Crippen molar-refractivity contribution in [3.63, 3.8) is 0 Å². The van der Waals surface area contributed by atoms with Crippen LogP contribution in [0.25, 0.3) is 11.4 Å². The normalized spacial score (nSPS) is 11.3. The number of non-ortho nitro benzene ring substituents is 1. The zero-order valence-electron chi connectivity index (χ0n) is 16.5. The van der Waals surface area contributed by atoms with Crippen LogP contribution >= 0.6 is 0 Å². The zero-order chi connectivity index (χ0) is 23.1. The number of nitro benzene ring substituents is 1. The Morgan fingerprint density at radius 1 is 1.06 bits per heavy atom. The molecule has 0 radical (unpaired) electrons. The van der Waals surface area contributed by atoms with Gasteiger partial charge in [0.1, 0.15) is 5.75 Å². The summed E-state index contributed by atoms with van der Waals surface area (Å²) >= 11 is 0. The number of amides is 1. The quantitative estimate of drug-likeness (QED) is 0.239. The minimum atomic E-state index is -1.12. The van der Waals surface area contributed by atoms with Crippen molar-refractivity contribution in [1.82, 2.24) is 25.7 Å². The van der Waals surface area contributed by atoms with Gasteiger partial charge in [-0.1, -0.05) is 24.3 Å². The Hall–Kier alpha value is -4.68. The van der Waals surface area contributed by atoms with Gasteiger partial charge in [-0.05, 0) is 24.6 Å². The average molecular weight is 440 g/mol. The molecule has 32 heavy (non-hydrogen) atoms. The van der Waals surface area contributed by atoms with Crippen molar-refractivity contribution in [3.05, 3.63) is 70.0 Å². The van der Waals surface area contributed by atoms with E-state index in [4.69, 9.17) is 14.6 Å². The summed E-state index contributed by atoms with van der Waals surface area (Å²) in [6.07, 6.45) is -3.09. The van der Waals surface area contributed by atoms with Gasteiger partial charge in [0, 0.05) is 24.2 Å². The van der Waals surface area contributed by atoms with Crippen LogP contribution in [0.15, 0.2) is 48.5 Å². The van der Waals surface area contributed by atoms with E-state index >= 15 is 0 Å². The van der Waals surface area contributed by atoms with Crippen molar-refractivity contribution >= 4 is 17.9 Å². The van der Waals surface area contributed by atoms with Crippen molar-refractivity contribution < 1.29 is 29.1 Å². The van der Waals surface area contributed by atoms with E-state index in [0.717, 1.165) is 5.56 Å². The number of rotatable bonds is 7. The first kappa shape index (κ1) is 22.0. The van der Waals surface area contributed by atoms with Crippen LogP contribution in [0.1, 0.15) is 24.4 Å². The highest BCUT2D eigenvalue weighted by molar-refractivity contribution is 5.65. The molecular weight excluding hydrogens is 424 g/mol. The molecule has 0 spiro atoms. The lowest BCUT2D eigenvalue weighted by atomic mass is 10.1. The van der Waals surface area contributed by atoms with E-state index in [1.54, 1.807) is 24.3 Å². The van der Waals surface area contributed by atoms with Crippen molar-refractivity contribution in [2.45, 2.75) is 19.6 Å². The van der Waals surface area contributed by atoms with Crippen LogP contribution in [0.4, 0.5) is 15.3 Å². The van der Waals surface area contributed by atoms with Gasteiger partial charge < -0.3 is 19.9 Å². The molecule has 0 bridgehead atoms. The standard InChI is InChI=1S/C19H16N6O7/c1-11(31-19(28)32-15-8-6-14(7-9-15)25(29)30)16-21-23-17(24-22-16)13-4-2-12(3-5-13)10-20-18(26)27/h2-9,11,20H,10H2,1H3,(H,26,27). The predicted octanol–water partition coefficient (Wildman–Crippen LogP) is 2.89. The summed E-state index contributed by atoms with van der Waals surface area (Å²) in [5.41, 5.74) is 1.22. The Morgan fingerprint density at radius 3 is 2.25 bits per heavy atom. The van der Waals surface area contributed by atoms with E-state index in [1.807, 2.05) is 0 Å². The lowest BCUT2D eigenvalue weighted by Gasteiger charge is -2.11. The molecule has 0 aliphatic carbocycles. The number of hydrogen-bond donors (Lipinski definition) is 2. The number of ether oxygens (including phenoxy) is 2. The van der Waals surface area contributed by atoms with E-state index in [2.05, 4.69) is 25.7 Å². The maximum Gasteiger partial charge on any atom is 0.514 e. The first-order valence-corrected chi connectivity index (χ1v) is 9.08. The second-order valence-corrected chi connectivity index (χ2v) is 6.30. The Morgan fingerprint density at radius 2 is 1.69 bits per heavy atom. The highest BCUT2D eigenvalue weighted by Crippen LogP contribution is 2.20. The Labute approximate surface area is 180 Å². The van der Waals surface area contributed by atoms with Crippen molar-refractivity contribution in [2.75, 3.05) is 0 Å². The molecule has 164 valence electrons. The number of nitro groups is 1. The van der Waals surface area contributed by atoms with Crippen LogP contribution in [0.5, 0.6) is 5.75 Å². The van der Waals surface area contributed by atoms with Crippen molar-refractivity contribution in [3.8, 4) is 17.1 Å². The number of benzene rings is 2. The minimum absolute atomic E-state index is 0.0386. The van der Waals surface area contributed by atoms with E-state index in [-0.39, 0.29) is 29.6 Å². The van der Waals surface area contributed by atoms with Gasteiger partial charge in [-0.25, -0.2) is 9.59 Å². The van der Waals surface area contributed by atoms with Gasteiger partial charge >= 0.3 is 12.2 Å². The fourth-order valence-corrected chi connectivity index (χ4v) is 2.42. The molecular formula is C19H16N6O7. The van der Waals surface area contributed by atoms with E-state index in [1.165, 1.54) is 31.2 Å². The second kappa shape index (κ2) is 9.88. The molecule has 1 amide bonds. The Kier molecular flexibility index (Phi) is 6.80. The van der Waals surface area contributed by atoms with Crippen molar-refractivity contribution in [2.24, 2.45) is 0 Å². The van der Waals surface area contributed by atoms with Crippen LogP contribution in [-0.2, 0) is 11.3 Å². The van der Waals surface area contributed by atoms with E-state index < -0.39 is 23.3 Å². The van der Waals surface area contributed by atoms with Crippen LogP contribution in [0.2, 0.25) is 0 Å². The lowest BCUT2D eigenvalue weighted by Crippen LogP contribution is -2.19. The van der Waals surface area contributed by atoms with E-state index in [9.17, 15) is 19.7 Å². The maximum atomic E-state index is 11.9. The number of nitrogens with zero attached hydrogens (tertiary/aromatic N) is 5. The maximum absolute atomic E-state index is 11.9. The smallest absolute Gasteiger partial charge is 0.465 e. The highest BCUT2D eigenvalue weighted by atomic mass is 16.7. The zero-order valence-corrected chi connectivity index (χ0v) is 16.5. The van der Waals surface area contributed by atoms with Gasteiger partial charge in [0.2, 0.25) is 11.6 Å². The molecule has 0 fully saturated rings. The number of carbonyl (C=O) groups is 2. The average Bonchev–Trinajstić information content (AvgIpc) is 2.78. The molecule has 2 N–H and O–H groups in total. The summed E-state index contributed by atoms with van der Waals surface area (Å²) in [7, 11) is 0. The molecule has 1 unspecified atom stereocenters. The van der Waals surface area contributed by atoms with Crippen molar-refractivity contribution in [1.29, 1.82) is 0 Å². The number of carboxylic acid groups (broad SMARTS) is 1. The third kappa shape index (κ3) is 5.91. The number of nitrogens with one attached hydrogen (secondary N) is 1. The highest BCUT2D eigenvalue weighted by Gasteiger charge is 2.18. The van der Waals surface area contributed by atoms with Crippen LogP contribution in [0, 0.1) is 10.1 Å². The Balaban J connectivity index is 1.57. The van der Waals surface area contributed by atoms with Crippen LogP contribution < -0.4 is 10.1 Å². The predicted molar refractivity (Wildman–Crippen MR) is 107 cm³/mol. The SMILES string of the molecule is CC(OC(=O)Oc1ccc([N+](=O)[O-])cc1)c1nnc(-c2ccc(CNC(=O)O)cc2)nn1. The lowest BCUT2D eigenvalue weighted by molar-refractivity contribution is -0.384. The summed E-state index contributed by atoms with van der Waals surface area (Å²) in [5.74, 6) is 0.339. The van der Waals surface area contributed by atoms with Gasteiger partial charge in [0.25, 0.3) is 5.69 Å². The molecule has 0 saturated carbocycles. The molecule has 2 aromatic carbocycles. The molecule has 13 heteroatoms. The monoisotopic (exact) mass is 440 g/mol. The Bertz CT molecular complexity index is 1100. The van der Waals surface area contributed by atoms with Gasteiger partial charge in [0.05, 0.1) is 4.92 Å². The number of aromatic nitrogens is 4. The molecule has 3 aromatic rings. The third-order valence-electron chi connectivity index (χ3n) is 4.04. The number of carbonyl (C=O) groups excluding carboxylic acids is 1. The summed E-state index contributed by atoms with van der Waals surface area (Å²) in [4.78, 5) is 32.5. The fourth-order valence-electron chi connectivity index (χ4n) is 2.42. The summed E-state index contributed by atoms with van der Waals surface area (Å²) < 4.78 is 10.0. The third-order valence-corrected chi connectivity index (χ3v) is 4.04. The molecule has 13 nitrogen and oxygen atoms in total. The summed E-state index contributed by atoms with van der Waals surface area (Å²) in [6, 6.07) is 11.7. The molecule has 3 rings (SSSR count). The van der Waals surface area contributed by atoms with Gasteiger partial charge in [-0.2, -0.15) is 0 Å². The molecule has 1 atom stereocenters. The minimum Gasteiger partial charge on any atom is -0.465 e. The van der Waals surface area contributed by atoms with Gasteiger partial charge in [0.15, 0.2) is 6.10 Å². The topological polar surface area (TPSA) is 180 Å².